The Labute approximate surface area is 139 Å². The smallest absolute Gasteiger partial charge is 0.243 e. The number of rotatable bonds is 2. The third kappa shape index (κ3) is 3.07. The molecule has 0 saturated heterocycles. The second kappa shape index (κ2) is 6.03. The Balaban J connectivity index is 1.93. The quantitative estimate of drug-likeness (QED) is 0.672. The SMILES string of the molecule is Cc1ccc(C)n1S(=O)(=O)c1ccc(C#Cc2nccs2)cc1. The molecule has 0 aliphatic carbocycles. The maximum Gasteiger partial charge on any atom is 0.268 e. The summed E-state index contributed by atoms with van der Waals surface area (Å²) in [6.07, 6.45) is 1.70. The summed E-state index contributed by atoms with van der Waals surface area (Å²) >= 11 is 1.47. The van der Waals surface area contributed by atoms with E-state index in [9.17, 15) is 8.42 Å². The minimum absolute atomic E-state index is 0.250. The van der Waals surface area contributed by atoms with E-state index in [1.165, 1.54) is 15.3 Å². The van der Waals surface area contributed by atoms with Gasteiger partial charge in [-0.05, 0) is 56.2 Å². The van der Waals surface area contributed by atoms with Crippen LogP contribution >= 0.6 is 11.3 Å². The van der Waals surface area contributed by atoms with Gasteiger partial charge in [0.15, 0.2) is 5.01 Å². The Bertz CT molecular complexity index is 968. The van der Waals surface area contributed by atoms with Gasteiger partial charge in [-0.25, -0.2) is 17.4 Å². The van der Waals surface area contributed by atoms with Crippen molar-refractivity contribution in [2.75, 3.05) is 0 Å². The van der Waals surface area contributed by atoms with Crippen molar-refractivity contribution >= 4 is 21.4 Å². The van der Waals surface area contributed by atoms with Gasteiger partial charge in [0.1, 0.15) is 0 Å². The molecule has 0 unspecified atom stereocenters. The molecule has 0 amide bonds. The Morgan fingerprint density at radius 2 is 1.65 bits per heavy atom. The third-order valence-electron chi connectivity index (χ3n) is 3.35. The van der Waals surface area contributed by atoms with Crippen LogP contribution in [-0.4, -0.2) is 17.4 Å². The zero-order chi connectivity index (χ0) is 16.4. The molecule has 0 bridgehead atoms. The largest absolute Gasteiger partial charge is 0.268 e. The number of hydrogen-bond acceptors (Lipinski definition) is 4. The van der Waals surface area contributed by atoms with Crippen molar-refractivity contribution in [1.29, 1.82) is 0 Å². The summed E-state index contributed by atoms with van der Waals surface area (Å²) in [7, 11) is -3.57. The molecule has 116 valence electrons. The standard InChI is InChI=1S/C17H14N2O2S2/c1-13-3-4-14(2)19(13)23(20,21)16-8-5-15(6-9-16)7-10-17-18-11-12-22-17/h3-6,8-9,11-12H,1-2H3. The molecular formula is C17H14N2O2S2. The van der Waals surface area contributed by atoms with E-state index in [1.54, 1.807) is 56.4 Å². The molecule has 3 rings (SSSR count). The molecule has 0 fully saturated rings. The van der Waals surface area contributed by atoms with Crippen molar-refractivity contribution in [3.05, 3.63) is 69.9 Å². The molecule has 0 atom stereocenters. The van der Waals surface area contributed by atoms with Crippen LogP contribution in [0, 0.1) is 25.7 Å². The first-order chi connectivity index (χ1) is 11.0. The van der Waals surface area contributed by atoms with E-state index >= 15 is 0 Å². The molecule has 0 saturated carbocycles. The molecule has 6 heteroatoms. The second-order valence-electron chi connectivity index (χ2n) is 5.00. The normalized spacial score (nSPS) is 11.0. The number of nitrogens with zero attached hydrogens (tertiary/aromatic N) is 2. The number of thiazole rings is 1. The summed E-state index contributed by atoms with van der Waals surface area (Å²) in [5, 5.41) is 2.60. The van der Waals surface area contributed by atoms with E-state index < -0.39 is 10.0 Å². The van der Waals surface area contributed by atoms with Crippen molar-refractivity contribution in [2.45, 2.75) is 18.7 Å². The topological polar surface area (TPSA) is 52.0 Å². The number of aromatic nitrogens is 2. The van der Waals surface area contributed by atoms with Crippen LogP contribution in [0.2, 0.25) is 0 Å². The highest BCUT2D eigenvalue weighted by molar-refractivity contribution is 7.90. The van der Waals surface area contributed by atoms with Crippen LogP contribution in [0.15, 0.2) is 52.9 Å². The predicted molar refractivity (Wildman–Crippen MR) is 91.0 cm³/mol. The van der Waals surface area contributed by atoms with Crippen LogP contribution in [0.5, 0.6) is 0 Å². The highest BCUT2D eigenvalue weighted by Gasteiger charge is 2.19. The summed E-state index contributed by atoms with van der Waals surface area (Å²) in [4.78, 5) is 4.34. The van der Waals surface area contributed by atoms with E-state index in [0.717, 1.165) is 10.6 Å². The number of aryl methyl sites for hydroxylation is 2. The maximum absolute atomic E-state index is 12.7. The monoisotopic (exact) mass is 342 g/mol. The molecule has 0 N–H and O–H groups in total. The van der Waals surface area contributed by atoms with Gasteiger partial charge < -0.3 is 0 Å². The average molecular weight is 342 g/mol. The van der Waals surface area contributed by atoms with E-state index in [-0.39, 0.29) is 4.90 Å². The minimum Gasteiger partial charge on any atom is -0.243 e. The minimum atomic E-state index is -3.57. The molecule has 3 aromatic rings. The van der Waals surface area contributed by atoms with E-state index in [0.29, 0.717) is 11.4 Å². The summed E-state index contributed by atoms with van der Waals surface area (Å²) < 4.78 is 26.8. The first kappa shape index (κ1) is 15.5. The molecule has 0 spiro atoms. The Morgan fingerprint density at radius 1 is 1.00 bits per heavy atom. The lowest BCUT2D eigenvalue weighted by atomic mass is 10.2. The van der Waals surface area contributed by atoms with Gasteiger partial charge in [0.25, 0.3) is 10.0 Å². The first-order valence-electron chi connectivity index (χ1n) is 6.90. The second-order valence-corrected chi connectivity index (χ2v) is 7.68. The highest BCUT2D eigenvalue weighted by atomic mass is 32.2. The van der Waals surface area contributed by atoms with Crippen LogP contribution < -0.4 is 0 Å². The molecule has 0 aliphatic heterocycles. The van der Waals surface area contributed by atoms with Crippen LogP contribution in [0.3, 0.4) is 0 Å². The fourth-order valence-electron chi connectivity index (χ4n) is 2.26. The number of benzene rings is 1. The van der Waals surface area contributed by atoms with Crippen LogP contribution in [0.25, 0.3) is 0 Å². The van der Waals surface area contributed by atoms with Crippen molar-refractivity contribution in [1.82, 2.24) is 8.96 Å². The molecule has 2 aromatic heterocycles. The van der Waals surface area contributed by atoms with Crippen LogP contribution in [0.1, 0.15) is 22.0 Å². The van der Waals surface area contributed by atoms with Gasteiger partial charge in [-0.2, -0.15) is 0 Å². The zero-order valence-electron chi connectivity index (χ0n) is 12.6. The highest BCUT2D eigenvalue weighted by Crippen LogP contribution is 2.19. The Hall–Kier alpha value is -2.36. The molecule has 1 aromatic carbocycles. The molecule has 0 radical (unpaired) electrons. The Morgan fingerprint density at radius 3 is 2.22 bits per heavy atom. The molecule has 23 heavy (non-hydrogen) atoms. The Kier molecular flexibility index (Phi) is 4.07. The summed E-state index contributed by atoms with van der Waals surface area (Å²) in [6.45, 7) is 3.55. The fraction of sp³-hybridized carbons (Fsp3) is 0.118. The third-order valence-corrected chi connectivity index (χ3v) is 5.96. The first-order valence-corrected chi connectivity index (χ1v) is 9.22. The van der Waals surface area contributed by atoms with E-state index in [2.05, 4.69) is 16.8 Å². The molecular weight excluding hydrogens is 328 g/mol. The van der Waals surface area contributed by atoms with Gasteiger partial charge in [0.05, 0.1) is 4.90 Å². The van der Waals surface area contributed by atoms with Crippen molar-refractivity contribution in [2.24, 2.45) is 0 Å². The van der Waals surface area contributed by atoms with Crippen molar-refractivity contribution in [3.63, 3.8) is 0 Å². The van der Waals surface area contributed by atoms with Gasteiger partial charge in [0, 0.05) is 28.5 Å². The number of hydrogen-bond donors (Lipinski definition) is 0. The van der Waals surface area contributed by atoms with Gasteiger partial charge >= 0.3 is 0 Å². The van der Waals surface area contributed by atoms with E-state index in [4.69, 9.17) is 0 Å². The lowest BCUT2D eigenvalue weighted by molar-refractivity contribution is 0.585. The average Bonchev–Trinajstić information content (AvgIpc) is 3.15. The molecule has 0 aliphatic rings. The maximum atomic E-state index is 12.7. The lowest BCUT2D eigenvalue weighted by Crippen LogP contribution is -2.15. The lowest BCUT2D eigenvalue weighted by Gasteiger charge is -2.10. The van der Waals surface area contributed by atoms with Crippen molar-refractivity contribution < 1.29 is 8.42 Å². The van der Waals surface area contributed by atoms with Gasteiger partial charge in [-0.1, -0.05) is 5.92 Å². The van der Waals surface area contributed by atoms with Crippen LogP contribution in [-0.2, 0) is 10.0 Å². The summed E-state index contributed by atoms with van der Waals surface area (Å²) in [5.41, 5.74) is 2.13. The van der Waals surface area contributed by atoms with Crippen LogP contribution in [0.4, 0.5) is 0 Å². The van der Waals surface area contributed by atoms with Gasteiger partial charge in [-0.3, -0.25) is 0 Å². The fourth-order valence-corrected chi connectivity index (χ4v) is 4.31. The van der Waals surface area contributed by atoms with Gasteiger partial charge in [-0.15, -0.1) is 11.3 Å². The molecule has 2 heterocycles. The molecule has 4 nitrogen and oxygen atoms in total. The van der Waals surface area contributed by atoms with Gasteiger partial charge in [0.2, 0.25) is 0 Å². The summed E-state index contributed by atoms with van der Waals surface area (Å²) in [6, 6.07) is 10.2. The van der Waals surface area contributed by atoms with Crippen molar-refractivity contribution in [3.8, 4) is 11.8 Å². The van der Waals surface area contributed by atoms with E-state index in [1.807, 2.05) is 5.38 Å². The predicted octanol–water partition coefficient (Wildman–Crippen LogP) is 3.20. The summed E-state index contributed by atoms with van der Waals surface area (Å²) in [5.74, 6) is 5.93. The zero-order valence-corrected chi connectivity index (χ0v) is 14.3.